The predicted octanol–water partition coefficient (Wildman–Crippen LogP) is 1.88. The van der Waals surface area contributed by atoms with Crippen LogP contribution in [0.3, 0.4) is 0 Å². The fraction of sp³-hybridized carbons (Fsp3) is 0.188. The third kappa shape index (κ3) is 1.92. The van der Waals surface area contributed by atoms with E-state index in [4.69, 9.17) is 5.11 Å². The van der Waals surface area contributed by atoms with Crippen LogP contribution in [0, 0.1) is 0 Å². The van der Waals surface area contributed by atoms with Crippen molar-refractivity contribution in [1.82, 2.24) is 14.6 Å². The van der Waals surface area contributed by atoms with Crippen LogP contribution in [-0.4, -0.2) is 25.7 Å². The highest BCUT2D eigenvalue weighted by atomic mass is 16.4. The second kappa shape index (κ2) is 4.56. The molecule has 0 spiro atoms. The number of carboxylic acids is 1. The number of aryl methyl sites for hydroxylation is 2. The van der Waals surface area contributed by atoms with Crippen LogP contribution >= 0.6 is 0 Å². The number of rotatable bonds is 2. The Kier molecular flexibility index (Phi) is 2.66. The van der Waals surface area contributed by atoms with Crippen LogP contribution in [0.25, 0.3) is 16.8 Å². The van der Waals surface area contributed by atoms with Gasteiger partial charge in [-0.2, -0.15) is 5.10 Å². The Hall–Kier alpha value is -2.89. The zero-order valence-corrected chi connectivity index (χ0v) is 11.7. The lowest BCUT2D eigenvalue weighted by Crippen LogP contribution is -2.10. The molecule has 1 aliphatic rings. The van der Waals surface area contributed by atoms with E-state index in [1.807, 2.05) is 6.07 Å². The molecule has 3 aromatic rings. The number of nitrogens with zero attached hydrogens (tertiary/aromatic N) is 2. The van der Waals surface area contributed by atoms with E-state index in [1.165, 1.54) is 21.7 Å². The van der Waals surface area contributed by atoms with E-state index in [-0.39, 0.29) is 16.8 Å². The van der Waals surface area contributed by atoms with Crippen molar-refractivity contribution in [1.29, 1.82) is 0 Å². The van der Waals surface area contributed by atoms with Gasteiger partial charge in [-0.3, -0.25) is 4.79 Å². The molecule has 0 atom stereocenters. The number of benzene rings is 1. The molecule has 110 valence electrons. The van der Waals surface area contributed by atoms with Crippen molar-refractivity contribution < 1.29 is 9.90 Å². The number of H-pyrrole nitrogens is 1. The molecule has 0 unspecified atom stereocenters. The number of nitrogens with one attached hydrogen (secondary N) is 1. The van der Waals surface area contributed by atoms with Gasteiger partial charge in [-0.1, -0.05) is 12.1 Å². The molecule has 0 fully saturated rings. The number of hydrogen-bond acceptors (Lipinski definition) is 3. The van der Waals surface area contributed by atoms with Crippen LogP contribution in [-0.2, 0) is 12.8 Å². The molecule has 2 heterocycles. The molecular formula is C16H13N3O3. The molecule has 0 bridgehead atoms. The molecule has 4 rings (SSSR count). The zero-order valence-electron chi connectivity index (χ0n) is 11.7. The quantitative estimate of drug-likeness (QED) is 0.755. The van der Waals surface area contributed by atoms with Gasteiger partial charge >= 0.3 is 5.97 Å². The number of carboxylic acid groups (broad SMARTS) is 1. The van der Waals surface area contributed by atoms with Gasteiger partial charge in [-0.05, 0) is 42.0 Å². The van der Waals surface area contributed by atoms with Crippen LogP contribution in [0.4, 0.5) is 0 Å². The minimum Gasteiger partial charge on any atom is -0.476 e. The highest BCUT2D eigenvalue weighted by Crippen LogP contribution is 2.26. The van der Waals surface area contributed by atoms with Gasteiger partial charge in [0.25, 0.3) is 5.56 Å². The molecule has 6 nitrogen and oxygen atoms in total. The number of aromatic amines is 1. The second-order valence-corrected chi connectivity index (χ2v) is 5.50. The summed E-state index contributed by atoms with van der Waals surface area (Å²) in [5.41, 5.74) is 3.95. The fourth-order valence-electron chi connectivity index (χ4n) is 2.99. The van der Waals surface area contributed by atoms with Crippen molar-refractivity contribution in [3.63, 3.8) is 0 Å². The van der Waals surface area contributed by atoms with E-state index in [0.29, 0.717) is 5.69 Å². The third-order valence-electron chi connectivity index (χ3n) is 4.10. The Morgan fingerprint density at radius 2 is 2.05 bits per heavy atom. The lowest BCUT2D eigenvalue weighted by atomic mass is 10.0. The molecule has 0 aliphatic heterocycles. The smallest absolute Gasteiger partial charge is 0.356 e. The van der Waals surface area contributed by atoms with Crippen molar-refractivity contribution in [3.05, 3.63) is 57.6 Å². The summed E-state index contributed by atoms with van der Waals surface area (Å²) in [5.74, 6) is -1.15. The first kappa shape index (κ1) is 12.8. The Bertz CT molecular complexity index is 968. The average molecular weight is 295 g/mol. The van der Waals surface area contributed by atoms with Crippen molar-refractivity contribution >= 4 is 11.5 Å². The van der Waals surface area contributed by atoms with Gasteiger partial charge in [0.1, 0.15) is 5.52 Å². The van der Waals surface area contributed by atoms with Gasteiger partial charge in [-0.25, -0.2) is 9.31 Å². The van der Waals surface area contributed by atoms with Crippen LogP contribution in [0.1, 0.15) is 28.0 Å². The number of carbonyl (C=O) groups is 1. The Labute approximate surface area is 125 Å². The number of hydrogen-bond donors (Lipinski definition) is 2. The van der Waals surface area contributed by atoms with E-state index >= 15 is 0 Å². The lowest BCUT2D eigenvalue weighted by Gasteiger charge is -2.05. The largest absolute Gasteiger partial charge is 0.476 e. The second-order valence-electron chi connectivity index (χ2n) is 5.50. The van der Waals surface area contributed by atoms with Crippen LogP contribution in [0.2, 0.25) is 0 Å². The van der Waals surface area contributed by atoms with Gasteiger partial charge in [-0.15, -0.1) is 0 Å². The lowest BCUT2D eigenvalue weighted by molar-refractivity contribution is 0.0690. The van der Waals surface area contributed by atoms with E-state index < -0.39 is 5.97 Å². The van der Waals surface area contributed by atoms with Crippen LogP contribution < -0.4 is 5.56 Å². The zero-order chi connectivity index (χ0) is 15.3. The number of fused-ring (bicyclic) bond motifs is 2. The summed E-state index contributed by atoms with van der Waals surface area (Å²) in [7, 11) is 0. The first-order valence-electron chi connectivity index (χ1n) is 7.10. The van der Waals surface area contributed by atoms with Gasteiger partial charge in [0.2, 0.25) is 0 Å². The molecule has 6 heteroatoms. The average Bonchev–Trinajstić information content (AvgIpc) is 3.12. The molecular weight excluding hydrogens is 282 g/mol. The number of aromatic carboxylic acids is 1. The monoisotopic (exact) mass is 295 g/mol. The molecule has 1 aromatic carbocycles. The van der Waals surface area contributed by atoms with Gasteiger partial charge in [0.15, 0.2) is 5.69 Å². The highest BCUT2D eigenvalue weighted by molar-refractivity contribution is 5.87. The summed E-state index contributed by atoms with van der Waals surface area (Å²) < 4.78 is 1.32. The first-order chi connectivity index (χ1) is 10.6. The Morgan fingerprint density at radius 1 is 1.23 bits per heavy atom. The molecule has 22 heavy (non-hydrogen) atoms. The van der Waals surface area contributed by atoms with Crippen molar-refractivity contribution in [2.45, 2.75) is 19.3 Å². The van der Waals surface area contributed by atoms with Crippen LogP contribution in [0.5, 0.6) is 0 Å². The Balaban J connectivity index is 1.88. The standard InChI is InChI=1S/C16H13N3O3/c20-15-14-7-12(16(21)22)18-19(14)8-13(17-15)11-5-4-9-2-1-3-10(9)6-11/h4-8H,1-3H2,(H,17,20)(H,21,22). The minimum absolute atomic E-state index is 0.142. The predicted molar refractivity (Wildman–Crippen MR) is 80.2 cm³/mol. The first-order valence-corrected chi connectivity index (χ1v) is 7.10. The molecule has 0 saturated carbocycles. The molecule has 2 N–H and O–H groups in total. The number of aromatic nitrogens is 3. The van der Waals surface area contributed by atoms with Crippen LogP contribution in [0.15, 0.2) is 35.3 Å². The van der Waals surface area contributed by atoms with E-state index in [9.17, 15) is 9.59 Å². The minimum atomic E-state index is -1.15. The fourth-order valence-corrected chi connectivity index (χ4v) is 2.99. The molecule has 0 saturated heterocycles. The van der Waals surface area contributed by atoms with E-state index in [0.717, 1.165) is 24.8 Å². The summed E-state index contributed by atoms with van der Waals surface area (Å²) in [6.07, 6.45) is 4.97. The molecule has 0 radical (unpaired) electrons. The summed E-state index contributed by atoms with van der Waals surface area (Å²) >= 11 is 0. The molecule has 1 aliphatic carbocycles. The molecule has 2 aromatic heterocycles. The van der Waals surface area contributed by atoms with Gasteiger partial charge < -0.3 is 10.1 Å². The summed E-state index contributed by atoms with van der Waals surface area (Å²) in [6.45, 7) is 0. The third-order valence-corrected chi connectivity index (χ3v) is 4.10. The maximum Gasteiger partial charge on any atom is 0.356 e. The van der Waals surface area contributed by atoms with E-state index in [2.05, 4.69) is 22.2 Å². The topological polar surface area (TPSA) is 87.5 Å². The van der Waals surface area contributed by atoms with Crippen molar-refractivity contribution in [2.75, 3.05) is 0 Å². The highest BCUT2D eigenvalue weighted by Gasteiger charge is 2.14. The van der Waals surface area contributed by atoms with Crippen molar-refractivity contribution in [3.8, 4) is 11.3 Å². The van der Waals surface area contributed by atoms with E-state index in [1.54, 1.807) is 6.20 Å². The summed E-state index contributed by atoms with van der Waals surface area (Å²) in [4.78, 5) is 25.9. The van der Waals surface area contributed by atoms with Crippen molar-refractivity contribution in [2.24, 2.45) is 0 Å². The maximum atomic E-state index is 12.1. The Morgan fingerprint density at radius 3 is 2.86 bits per heavy atom. The summed E-state index contributed by atoms with van der Waals surface area (Å²) in [5, 5.41) is 12.9. The summed E-state index contributed by atoms with van der Waals surface area (Å²) in [6, 6.07) is 7.42. The van der Waals surface area contributed by atoms with Gasteiger partial charge in [0.05, 0.1) is 11.9 Å². The van der Waals surface area contributed by atoms with Gasteiger partial charge in [0, 0.05) is 6.07 Å². The molecule has 0 amide bonds. The normalized spacial score (nSPS) is 13.5. The maximum absolute atomic E-state index is 12.1. The SMILES string of the molecule is O=C(O)c1cc2c(=O)[nH]c(-c3ccc4c(c3)CCC4)cn2n1.